The van der Waals surface area contributed by atoms with E-state index in [4.69, 9.17) is 10.5 Å². The first-order valence-corrected chi connectivity index (χ1v) is 5.93. The monoisotopic (exact) mass is 254 g/mol. The molecular weight excluding hydrogens is 240 g/mol. The van der Waals surface area contributed by atoms with Gasteiger partial charge in [-0.2, -0.15) is 0 Å². The number of H-pyrrole nitrogens is 1. The first-order chi connectivity index (χ1) is 9.19. The van der Waals surface area contributed by atoms with Crippen molar-refractivity contribution in [3.8, 4) is 22.8 Å². The van der Waals surface area contributed by atoms with Gasteiger partial charge >= 0.3 is 0 Å². The molecule has 0 aliphatic carbocycles. The maximum atomic E-state index is 9.88. The molecule has 4 N–H and O–H groups in total. The van der Waals surface area contributed by atoms with Crippen LogP contribution in [0.4, 0.5) is 5.69 Å². The van der Waals surface area contributed by atoms with Crippen LogP contribution in [-0.2, 0) is 0 Å². The highest BCUT2D eigenvalue weighted by Gasteiger charge is 2.09. The number of ether oxygens (including phenoxy) is 1. The van der Waals surface area contributed by atoms with E-state index in [1.807, 2.05) is 30.3 Å². The number of benzene rings is 2. The maximum Gasteiger partial charge on any atom is 0.142 e. The van der Waals surface area contributed by atoms with E-state index >= 15 is 0 Å². The Labute approximate surface area is 110 Å². The van der Waals surface area contributed by atoms with Crippen LogP contribution in [0.25, 0.3) is 22.2 Å². The number of para-hydroxylation sites is 1. The standard InChI is InChI=1S/C15H14N2O2/c1-19-15-7-9-6-13(17-12(9)8-11(15)16)10-4-2-3-5-14(10)18/h2-8,17-18H,16H2,1H3. The van der Waals surface area contributed by atoms with Crippen LogP contribution < -0.4 is 10.5 Å². The second-order valence-electron chi connectivity index (χ2n) is 4.38. The molecule has 96 valence electrons. The molecule has 0 aliphatic heterocycles. The lowest BCUT2D eigenvalue weighted by molar-refractivity contribution is 0.417. The van der Waals surface area contributed by atoms with Crippen LogP contribution in [0.3, 0.4) is 0 Å². The van der Waals surface area contributed by atoms with Crippen molar-refractivity contribution >= 4 is 16.6 Å². The van der Waals surface area contributed by atoms with Crippen molar-refractivity contribution in [1.82, 2.24) is 4.98 Å². The highest BCUT2D eigenvalue weighted by atomic mass is 16.5. The molecule has 3 aromatic rings. The minimum Gasteiger partial charge on any atom is -0.507 e. The van der Waals surface area contributed by atoms with Gasteiger partial charge in [0.25, 0.3) is 0 Å². The van der Waals surface area contributed by atoms with E-state index in [0.29, 0.717) is 11.4 Å². The Morgan fingerprint density at radius 2 is 1.95 bits per heavy atom. The van der Waals surface area contributed by atoms with Gasteiger partial charge in [-0.3, -0.25) is 0 Å². The van der Waals surface area contributed by atoms with Crippen LogP contribution in [0.2, 0.25) is 0 Å². The lowest BCUT2D eigenvalue weighted by Crippen LogP contribution is -1.91. The summed E-state index contributed by atoms with van der Waals surface area (Å²) in [6.07, 6.45) is 0. The van der Waals surface area contributed by atoms with Crippen LogP contribution in [0.5, 0.6) is 11.5 Å². The highest BCUT2D eigenvalue weighted by molar-refractivity contribution is 5.91. The third kappa shape index (κ3) is 1.87. The summed E-state index contributed by atoms with van der Waals surface area (Å²) < 4.78 is 5.20. The van der Waals surface area contributed by atoms with Gasteiger partial charge in [-0.05, 0) is 30.3 Å². The number of phenolic OH excluding ortho intramolecular Hbond substituents is 1. The number of aromatic amines is 1. The van der Waals surface area contributed by atoms with Crippen molar-refractivity contribution in [3.63, 3.8) is 0 Å². The number of hydrogen-bond acceptors (Lipinski definition) is 3. The van der Waals surface area contributed by atoms with Crippen LogP contribution in [0.1, 0.15) is 0 Å². The third-order valence-electron chi connectivity index (χ3n) is 3.17. The summed E-state index contributed by atoms with van der Waals surface area (Å²) in [5, 5.41) is 10.9. The van der Waals surface area contributed by atoms with E-state index in [-0.39, 0.29) is 5.75 Å². The van der Waals surface area contributed by atoms with Gasteiger partial charge in [0.05, 0.1) is 18.5 Å². The van der Waals surface area contributed by atoms with Crippen molar-refractivity contribution < 1.29 is 9.84 Å². The molecule has 4 nitrogen and oxygen atoms in total. The molecule has 0 radical (unpaired) electrons. The van der Waals surface area contributed by atoms with Crippen molar-refractivity contribution in [2.75, 3.05) is 12.8 Å². The van der Waals surface area contributed by atoms with Gasteiger partial charge in [0.1, 0.15) is 11.5 Å². The Morgan fingerprint density at radius 1 is 1.16 bits per heavy atom. The largest absolute Gasteiger partial charge is 0.507 e. The number of nitrogens with one attached hydrogen (secondary N) is 1. The minimum atomic E-state index is 0.244. The van der Waals surface area contributed by atoms with Crippen LogP contribution in [-0.4, -0.2) is 17.2 Å². The molecule has 19 heavy (non-hydrogen) atoms. The lowest BCUT2D eigenvalue weighted by Gasteiger charge is -2.03. The summed E-state index contributed by atoms with van der Waals surface area (Å²) in [6.45, 7) is 0. The molecule has 0 spiro atoms. The van der Waals surface area contributed by atoms with E-state index in [2.05, 4.69) is 4.98 Å². The average Bonchev–Trinajstić information content (AvgIpc) is 2.80. The molecule has 0 unspecified atom stereocenters. The Bertz CT molecular complexity index is 747. The van der Waals surface area contributed by atoms with Crippen molar-refractivity contribution in [3.05, 3.63) is 42.5 Å². The first-order valence-electron chi connectivity index (χ1n) is 5.93. The van der Waals surface area contributed by atoms with E-state index in [1.165, 1.54) is 0 Å². The normalized spacial score (nSPS) is 10.8. The summed E-state index contributed by atoms with van der Waals surface area (Å²) >= 11 is 0. The molecule has 1 heterocycles. The van der Waals surface area contributed by atoms with Gasteiger partial charge in [-0.1, -0.05) is 12.1 Å². The Morgan fingerprint density at radius 3 is 2.68 bits per heavy atom. The minimum absolute atomic E-state index is 0.244. The first kappa shape index (κ1) is 11.5. The summed E-state index contributed by atoms with van der Waals surface area (Å²) in [6, 6.07) is 12.9. The number of phenols is 1. The molecule has 0 saturated heterocycles. The SMILES string of the molecule is COc1cc2cc(-c3ccccc3O)[nH]c2cc1N. The van der Waals surface area contributed by atoms with E-state index in [1.54, 1.807) is 19.2 Å². The number of methoxy groups -OCH3 is 1. The van der Waals surface area contributed by atoms with E-state index in [9.17, 15) is 5.11 Å². The molecule has 0 aliphatic rings. The molecule has 1 aromatic heterocycles. The number of fused-ring (bicyclic) bond motifs is 1. The molecular formula is C15H14N2O2. The average molecular weight is 254 g/mol. The summed E-state index contributed by atoms with van der Waals surface area (Å²) in [7, 11) is 1.59. The number of nitrogens with two attached hydrogens (primary N) is 1. The summed E-state index contributed by atoms with van der Waals surface area (Å²) in [5.41, 5.74) is 8.99. The third-order valence-corrected chi connectivity index (χ3v) is 3.17. The molecule has 2 aromatic carbocycles. The molecule has 0 fully saturated rings. The Balaban J connectivity index is 2.20. The number of aromatic nitrogens is 1. The lowest BCUT2D eigenvalue weighted by atomic mass is 10.1. The number of hydrogen-bond donors (Lipinski definition) is 3. The molecule has 0 bridgehead atoms. The molecule has 3 rings (SSSR count). The molecule has 0 amide bonds. The van der Waals surface area contributed by atoms with Gasteiger partial charge in [-0.15, -0.1) is 0 Å². The molecule has 4 heteroatoms. The highest BCUT2D eigenvalue weighted by Crippen LogP contribution is 2.33. The predicted octanol–water partition coefficient (Wildman–Crippen LogP) is 3.13. The maximum absolute atomic E-state index is 9.88. The van der Waals surface area contributed by atoms with E-state index in [0.717, 1.165) is 22.2 Å². The number of anilines is 1. The zero-order valence-electron chi connectivity index (χ0n) is 10.5. The molecule has 0 atom stereocenters. The number of rotatable bonds is 2. The van der Waals surface area contributed by atoms with Gasteiger partial charge < -0.3 is 20.6 Å². The fourth-order valence-electron chi connectivity index (χ4n) is 2.20. The summed E-state index contributed by atoms with van der Waals surface area (Å²) in [4.78, 5) is 3.25. The quantitative estimate of drug-likeness (QED) is 0.615. The van der Waals surface area contributed by atoms with Crippen LogP contribution in [0.15, 0.2) is 42.5 Å². The second-order valence-corrected chi connectivity index (χ2v) is 4.38. The van der Waals surface area contributed by atoms with Crippen LogP contribution >= 0.6 is 0 Å². The van der Waals surface area contributed by atoms with Gasteiger partial charge in [-0.25, -0.2) is 0 Å². The number of aromatic hydroxyl groups is 1. The predicted molar refractivity (Wildman–Crippen MR) is 76.4 cm³/mol. The Kier molecular flexibility index (Phi) is 2.56. The van der Waals surface area contributed by atoms with E-state index < -0.39 is 0 Å². The van der Waals surface area contributed by atoms with Crippen molar-refractivity contribution in [1.29, 1.82) is 0 Å². The fraction of sp³-hybridized carbons (Fsp3) is 0.0667. The fourth-order valence-corrected chi connectivity index (χ4v) is 2.20. The molecule has 0 saturated carbocycles. The Hall–Kier alpha value is -2.62. The second kappa shape index (κ2) is 4.24. The zero-order valence-corrected chi connectivity index (χ0v) is 10.5. The van der Waals surface area contributed by atoms with Gasteiger partial charge in [0.2, 0.25) is 0 Å². The van der Waals surface area contributed by atoms with Crippen molar-refractivity contribution in [2.45, 2.75) is 0 Å². The summed E-state index contributed by atoms with van der Waals surface area (Å²) in [5.74, 6) is 0.893. The van der Waals surface area contributed by atoms with Gasteiger partial charge in [0.15, 0.2) is 0 Å². The van der Waals surface area contributed by atoms with Gasteiger partial charge in [0, 0.05) is 16.5 Å². The zero-order chi connectivity index (χ0) is 13.4. The number of nitrogen functional groups attached to an aromatic ring is 1. The smallest absolute Gasteiger partial charge is 0.142 e. The topological polar surface area (TPSA) is 71.3 Å². The van der Waals surface area contributed by atoms with Crippen LogP contribution in [0, 0.1) is 0 Å². The van der Waals surface area contributed by atoms with Crippen molar-refractivity contribution in [2.24, 2.45) is 0 Å².